The molecule has 0 aromatic rings. The van der Waals surface area contributed by atoms with E-state index in [4.69, 9.17) is 37.0 Å². The van der Waals surface area contributed by atoms with Crippen molar-refractivity contribution in [3.63, 3.8) is 0 Å². The van der Waals surface area contributed by atoms with E-state index in [9.17, 15) is 43.2 Å². The normalized spacial score (nSPS) is 13.8. The Balaban J connectivity index is 5.20. The first-order chi connectivity index (χ1) is 50.9. The summed E-state index contributed by atoms with van der Waals surface area (Å²) >= 11 is 0. The standard InChI is InChI=1S/C86H168O17P2/c1-7-9-11-13-15-17-19-21-23-25-27-29-31-33-35-37-39-44-50-56-62-68-83(88)96-74-81(102-85(90)70-64-58-51-45-40-38-36-34-32-30-28-26-24-22-20-18-16-14-12-10-8-2)76-100-104(92,93)98-72-80(87)73-99-105(94,95)101-77-82(75-97-84(89)69-63-57-53-47-49-55-61-67-79(5)6)103-86(91)71-65-59-52-46-42-41-43-48-54-60-66-78(3)4/h78-82,87H,7-77H2,1-6H3,(H,92,93)(H,94,95)/t80-,81-,82-/m1/s1. The molecule has 0 aromatic heterocycles. The van der Waals surface area contributed by atoms with Crippen LogP contribution in [-0.4, -0.2) is 96.7 Å². The molecule has 105 heavy (non-hydrogen) atoms. The van der Waals surface area contributed by atoms with Crippen molar-refractivity contribution in [3.8, 4) is 0 Å². The highest BCUT2D eigenvalue weighted by Crippen LogP contribution is 2.45. The Morgan fingerprint density at radius 2 is 0.438 bits per heavy atom. The molecule has 0 aromatic carbocycles. The van der Waals surface area contributed by atoms with Gasteiger partial charge in [0.05, 0.1) is 26.4 Å². The van der Waals surface area contributed by atoms with Crippen LogP contribution in [0.2, 0.25) is 0 Å². The first kappa shape index (κ1) is 103. The highest BCUT2D eigenvalue weighted by molar-refractivity contribution is 7.47. The Hall–Kier alpha value is -1.94. The van der Waals surface area contributed by atoms with Gasteiger partial charge in [0, 0.05) is 25.7 Å². The van der Waals surface area contributed by atoms with E-state index >= 15 is 0 Å². The Kier molecular flexibility index (Phi) is 76.0. The van der Waals surface area contributed by atoms with Gasteiger partial charge in [-0.2, -0.15) is 0 Å². The summed E-state index contributed by atoms with van der Waals surface area (Å²) in [5, 5.41) is 10.7. The summed E-state index contributed by atoms with van der Waals surface area (Å²) in [6.45, 7) is 9.59. The number of unbranched alkanes of at least 4 members (excludes halogenated alkanes) is 55. The van der Waals surface area contributed by atoms with Crippen molar-refractivity contribution in [1.82, 2.24) is 0 Å². The Morgan fingerprint density at radius 1 is 0.257 bits per heavy atom. The number of hydrogen-bond donors (Lipinski definition) is 3. The number of carbonyl (C=O) groups excluding carboxylic acids is 4. The van der Waals surface area contributed by atoms with Crippen LogP contribution in [0.5, 0.6) is 0 Å². The van der Waals surface area contributed by atoms with Gasteiger partial charge in [-0.3, -0.25) is 37.3 Å². The fourth-order valence-corrected chi connectivity index (χ4v) is 15.0. The molecule has 0 amide bonds. The number of aliphatic hydroxyl groups excluding tert-OH is 1. The van der Waals surface area contributed by atoms with Crippen molar-refractivity contribution in [2.75, 3.05) is 39.6 Å². The SMILES string of the molecule is CCCCCCCCCCCCCCCCCCCCCCCC(=O)OC[C@H](COP(=O)(O)OC[C@@H](O)COP(=O)(O)OC[C@@H](COC(=O)CCCCCCCCCC(C)C)OC(=O)CCCCCCCCCCCCC(C)C)OC(=O)CCCCCCCCCCCCCCCCCCCCCCC. The fraction of sp³-hybridized carbons (Fsp3) is 0.953. The predicted molar refractivity (Wildman–Crippen MR) is 432 cm³/mol. The summed E-state index contributed by atoms with van der Waals surface area (Å²) < 4.78 is 68.8. The number of phosphoric acid groups is 2. The molecule has 0 bridgehead atoms. The van der Waals surface area contributed by atoms with Crippen LogP contribution in [0, 0.1) is 11.8 Å². The molecule has 0 fully saturated rings. The molecule has 0 heterocycles. The van der Waals surface area contributed by atoms with Gasteiger partial charge in [0.2, 0.25) is 0 Å². The van der Waals surface area contributed by atoms with E-state index in [1.807, 2.05) is 0 Å². The minimum Gasteiger partial charge on any atom is -0.462 e. The highest BCUT2D eigenvalue weighted by Gasteiger charge is 2.30. The Labute approximate surface area is 645 Å². The molecule has 0 aliphatic rings. The summed E-state index contributed by atoms with van der Waals surface area (Å²) in [5.41, 5.74) is 0. The van der Waals surface area contributed by atoms with Crippen LogP contribution < -0.4 is 0 Å². The maximum atomic E-state index is 13.1. The molecule has 0 saturated heterocycles. The number of rotatable bonds is 85. The maximum absolute atomic E-state index is 13.1. The number of phosphoric ester groups is 2. The Morgan fingerprint density at radius 3 is 0.648 bits per heavy atom. The second kappa shape index (κ2) is 77.4. The van der Waals surface area contributed by atoms with Gasteiger partial charge in [0.25, 0.3) is 0 Å². The minimum atomic E-state index is -4.97. The van der Waals surface area contributed by atoms with Gasteiger partial charge in [-0.25, -0.2) is 9.13 Å². The fourth-order valence-electron chi connectivity index (χ4n) is 13.4. The Bertz CT molecular complexity index is 2010. The van der Waals surface area contributed by atoms with E-state index in [-0.39, 0.29) is 25.7 Å². The highest BCUT2D eigenvalue weighted by atomic mass is 31.2. The molecule has 0 spiro atoms. The summed E-state index contributed by atoms with van der Waals surface area (Å²) in [6.07, 6.45) is 69.8. The summed E-state index contributed by atoms with van der Waals surface area (Å²) in [4.78, 5) is 73.2. The van der Waals surface area contributed by atoms with Crippen LogP contribution in [0.4, 0.5) is 0 Å². The zero-order valence-electron chi connectivity index (χ0n) is 69.0. The van der Waals surface area contributed by atoms with E-state index in [0.29, 0.717) is 31.6 Å². The molecule has 0 rings (SSSR count). The zero-order valence-corrected chi connectivity index (χ0v) is 70.8. The van der Waals surface area contributed by atoms with Crippen LogP contribution in [0.1, 0.15) is 459 Å². The average molecular weight is 1540 g/mol. The van der Waals surface area contributed by atoms with Crippen molar-refractivity contribution in [3.05, 3.63) is 0 Å². The summed E-state index contributed by atoms with van der Waals surface area (Å²) in [7, 11) is -9.93. The summed E-state index contributed by atoms with van der Waals surface area (Å²) in [5.74, 6) is -0.649. The largest absolute Gasteiger partial charge is 0.472 e. The van der Waals surface area contributed by atoms with E-state index in [2.05, 4.69) is 41.5 Å². The number of hydrogen-bond acceptors (Lipinski definition) is 15. The molecule has 5 atom stereocenters. The predicted octanol–water partition coefficient (Wildman–Crippen LogP) is 26.2. The van der Waals surface area contributed by atoms with Crippen LogP contribution in [0.3, 0.4) is 0 Å². The molecular formula is C86H168O17P2. The molecule has 624 valence electrons. The van der Waals surface area contributed by atoms with Gasteiger partial charge < -0.3 is 33.8 Å². The van der Waals surface area contributed by atoms with Gasteiger partial charge >= 0.3 is 39.5 Å². The minimum absolute atomic E-state index is 0.106. The lowest BCUT2D eigenvalue weighted by molar-refractivity contribution is -0.161. The lowest BCUT2D eigenvalue weighted by Gasteiger charge is -2.21. The third-order valence-corrected chi connectivity index (χ3v) is 22.1. The van der Waals surface area contributed by atoms with Crippen LogP contribution >= 0.6 is 15.6 Å². The van der Waals surface area contributed by atoms with Crippen molar-refractivity contribution in [2.45, 2.75) is 477 Å². The second-order valence-electron chi connectivity index (χ2n) is 31.9. The lowest BCUT2D eigenvalue weighted by atomic mass is 10.0. The molecule has 0 aliphatic carbocycles. The van der Waals surface area contributed by atoms with E-state index in [1.54, 1.807) is 0 Å². The van der Waals surface area contributed by atoms with Gasteiger partial charge in [-0.15, -0.1) is 0 Å². The summed E-state index contributed by atoms with van der Waals surface area (Å²) in [6, 6.07) is 0. The van der Waals surface area contributed by atoms with Gasteiger partial charge in [0.15, 0.2) is 12.2 Å². The van der Waals surface area contributed by atoms with Crippen molar-refractivity contribution in [1.29, 1.82) is 0 Å². The zero-order chi connectivity index (χ0) is 77.1. The van der Waals surface area contributed by atoms with Crippen molar-refractivity contribution in [2.24, 2.45) is 11.8 Å². The molecule has 17 nitrogen and oxygen atoms in total. The van der Waals surface area contributed by atoms with E-state index in [1.165, 1.54) is 270 Å². The number of esters is 4. The maximum Gasteiger partial charge on any atom is 0.472 e. The third-order valence-electron chi connectivity index (χ3n) is 20.2. The topological polar surface area (TPSA) is 237 Å². The number of carbonyl (C=O) groups is 4. The average Bonchev–Trinajstić information content (AvgIpc) is 0.920. The molecular weight excluding hydrogens is 1370 g/mol. The molecule has 19 heteroatoms. The van der Waals surface area contributed by atoms with Gasteiger partial charge in [-0.05, 0) is 37.5 Å². The molecule has 0 radical (unpaired) electrons. The first-order valence-electron chi connectivity index (χ1n) is 44.5. The lowest BCUT2D eigenvalue weighted by Crippen LogP contribution is -2.30. The van der Waals surface area contributed by atoms with Crippen LogP contribution in [0.25, 0.3) is 0 Å². The van der Waals surface area contributed by atoms with Crippen molar-refractivity contribution < 1.29 is 80.2 Å². The molecule has 3 N–H and O–H groups in total. The smallest absolute Gasteiger partial charge is 0.462 e. The van der Waals surface area contributed by atoms with Crippen LogP contribution in [-0.2, 0) is 65.4 Å². The first-order valence-corrected chi connectivity index (χ1v) is 47.5. The van der Waals surface area contributed by atoms with E-state index < -0.39 is 97.5 Å². The van der Waals surface area contributed by atoms with E-state index in [0.717, 1.165) is 102 Å². The molecule has 2 unspecified atom stereocenters. The second-order valence-corrected chi connectivity index (χ2v) is 34.8. The van der Waals surface area contributed by atoms with Gasteiger partial charge in [0.1, 0.15) is 19.3 Å². The van der Waals surface area contributed by atoms with Crippen molar-refractivity contribution >= 4 is 39.5 Å². The quantitative estimate of drug-likeness (QED) is 0.0222. The number of aliphatic hydroxyl groups is 1. The third kappa shape index (κ3) is 79.9. The molecule has 0 aliphatic heterocycles. The van der Waals surface area contributed by atoms with Gasteiger partial charge in [-0.1, -0.05) is 408 Å². The number of ether oxygens (including phenoxy) is 4. The van der Waals surface area contributed by atoms with Crippen LogP contribution in [0.15, 0.2) is 0 Å². The monoisotopic (exact) mass is 1540 g/mol. The molecule has 0 saturated carbocycles.